The van der Waals surface area contributed by atoms with Crippen LogP contribution in [-0.2, 0) is 22.6 Å². The van der Waals surface area contributed by atoms with Crippen molar-refractivity contribution >= 4 is 35.6 Å². The van der Waals surface area contributed by atoms with Gasteiger partial charge in [0, 0.05) is 58.7 Å². The average molecular weight is 568 g/mol. The number of aliphatic imine (C=N–C) groups is 1. The van der Waals surface area contributed by atoms with Gasteiger partial charge in [-0.05, 0) is 48.2 Å². The number of nitrogens with one attached hydrogen (secondary N) is 1. The van der Waals surface area contributed by atoms with Gasteiger partial charge >= 0.3 is 0 Å². The second-order valence-electron chi connectivity index (χ2n) is 8.29. The highest BCUT2D eigenvalue weighted by Gasteiger charge is 2.20. The summed E-state index contributed by atoms with van der Waals surface area (Å²) in [7, 11) is 1.82. The molecule has 4 rings (SSSR count). The predicted octanol–water partition coefficient (Wildman–Crippen LogP) is 4.04. The maximum Gasteiger partial charge on any atom is 0.194 e. The van der Waals surface area contributed by atoms with Crippen molar-refractivity contribution in [3.8, 4) is 0 Å². The summed E-state index contributed by atoms with van der Waals surface area (Å²) in [6.07, 6.45) is 2.29. The van der Waals surface area contributed by atoms with E-state index in [1.165, 1.54) is 23.3 Å². The highest BCUT2D eigenvalue weighted by molar-refractivity contribution is 14.0. The van der Waals surface area contributed by atoms with Crippen LogP contribution in [0.3, 0.4) is 0 Å². The van der Waals surface area contributed by atoms with E-state index in [4.69, 9.17) is 9.47 Å². The van der Waals surface area contributed by atoms with E-state index < -0.39 is 0 Å². The van der Waals surface area contributed by atoms with Gasteiger partial charge in [0.25, 0.3) is 0 Å². The lowest BCUT2D eigenvalue weighted by Gasteiger charge is -2.37. The zero-order valence-corrected chi connectivity index (χ0v) is 21.5. The molecule has 180 valence electrons. The number of guanidine groups is 1. The summed E-state index contributed by atoms with van der Waals surface area (Å²) in [5.74, 6) is 0.715. The van der Waals surface area contributed by atoms with Gasteiger partial charge in [-0.1, -0.05) is 24.3 Å². The molecule has 0 unspecified atom stereocenters. The van der Waals surface area contributed by atoms with E-state index in [1.807, 2.05) is 19.2 Å². The van der Waals surface area contributed by atoms with E-state index in [-0.39, 0.29) is 29.8 Å². The molecule has 0 radical (unpaired) electrons. The van der Waals surface area contributed by atoms with Gasteiger partial charge in [-0.25, -0.2) is 4.39 Å². The number of benzene rings is 2. The van der Waals surface area contributed by atoms with E-state index in [0.29, 0.717) is 12.7 Å². The molecule has 2 fully saturated rings. The Bertz CT molecular complexity index is 865. The van der Waals surface area contributed by atoms with Crippen LogP contribution < -0.4 is 10.2 Å². The highest BCUT2D eigenvalue weighted by Crippen LogP contribution is 2.17. The van der Waals surface area contributed by atoms with Gasteiger partial charge in [-0.3, -0.25) is 4.99 Å². The molecule has 2 heterocycles. The Morgan fingerprint density at radius 2 is 1.64 bits per heavy atom. The van der Waals surface area contributed by atoms with Crippen molar-refractivity contribution < 1.29 is 13.9 Å². The Morgan fingerprint density at radius 3 is 2.27 bits per heavy atom. The Hall–Kier alpha value is -1.91. The van der Waals surface area contributed by atoms with Crippen LogP contribution in [0.15, 0.2) is 53.5 Å². The summed E-state index contributed by atoms with van der Waals surface area (Å²) in [6.45, 7) is 6.50. The van der Waals surface area contributed by atoms with Crippen LogP contribution in [0.25, 0.3) is 0 Å². The highest BCUT2D eigenvalue weighted by atomic mass is 127. The third kappa shape index (κ3) is 7.55. The average Bonchev–Trinajstić information content (AvgIpc) is 2.85. The fourth-order valence-corrected chi connectivity index (χ4v) is 4.15. The number of piperazine rings is 1. The minimum Gasteiger partial charge on any atom is -0.381 e. The lowest BCUT2D eigenvalue weighted by molar-refractivity contribution is -0.0390. The van der Waals surface area contributed by atoms with Crippen molar-refractivity contribution in [1.82, 2.24) is 10.2 Å². The van der Waals surface area contributed by atoms with E-state index in [1.54, 1.807) is 0 Å². The largest absolute Gasteiger partial charge is 0.381 e. The quantitative estimate of drug-likeness (QED) is 0.324. The summed E-state index contributed by atoms with van der Waals surface area (Å²) >= 11 is 0. The molecule has 0 aliphatic carbocycles. The van der Waals surface area contributed by atoms with Crippen molar-refractivity contribution in [2.45, 2.75) is 32.1 Å². The van der Waals surface area contributed by atoms with Crippen molar-refractivity contribution in [3.63, 3.8) is 0 Å². The number of anilines is 1. The maximum absolute atomic E-state index is 13.2. The lowest BCUT2D eigenvalue weighted by Crippen LogP contribution is -2.52. The molecule has 0 aromatic heterocycles. The number of halogens is 2. The van der Waals surface area contributed by atoms with Crippen LogP contribution in [0.5, 0.6) is 0 Å². The fourth-order valence-electron chi connectivity index (χ4n) is 4.15. The Labute approximate surface area is 213 Å². The van der Waals surface area contributed by atoms with E-state index in [9.17, 15) is 4.39 Å². The smallest absolute Gasteiger partial charge is 0.194 e. The molecule has 2 aliphatic heterocycles. The molecule has 0 atom stereocenters. The van der Waals surface area contributed by atoms with Gasteiger partial charge in [0.2, 0.25) is 0 Å². The van der Waals surface area contributed by atoms with Crippen LogP contribution >= 0.6 is 24.0 Å². The summed E-state index contributed by atoms with van der Waals surface area (Å²) in [5, 5.41) is 3.48. The standard InChI is InChI=1S/C25H33FN4O2.HI/c1-27-25(30-14-12-29(13-15-30)23-8-6-22(26)7-9-23)28-18-20-2-4-21(5-3-20)19-32-24-10-16-31-17-11-24;/h2-9,24H,10-19H2,1H3,(H,27,28);1H. The number of rotatable bonds is 6. The predicted molar refractivity (Wildman–Crippen MR) is 141 cm³/mol. The van der Waals surface area contributed by atoms with Crippen molar-refractivity contribution in [2.75, 3.05) is 51.3 Å². The molecule has 2 aliphatic rings. The van der Waals surface area contributed by atoms with Gasteiger partial charge < -0.3 is 24.6 Å². The molecule has 2 aromatic carbocycles. The summed E-state index contributed by atoms with van der Waals surface area (Å²) in [5.41, 5.74) is 3.47. The molecule has 8 heteroatoms. The summed E-state index contributed by atoms with van der Waals surface area (Å²) in [6, 6.07) is 15.3. The molecule has 0 bridgehead atoms. The Morgan fingerprint density at radius 1 is 1.00 bits per heavy atom. The second-order valence-corrected chi connectivity index (χ2v) is 8.29. The molecular formula is C25H34FIN4O2. The zero-order chi connectivity index (χ0) is 22.2. The first-order valence-corrected chi connectivity index (χ1v) is 11.4. The van der Waals surface area contributed by atoms with Gasteiger partial charge in [-0.2, -0.15) is 0 Å². The number of ether oxygens (including phenoxy) is 2. The molecule has 0 amide bonds. The number of nitrogens with zero attached hydrogens (tertiary/aromatic N) is 3. The van der Waals surface area contributed by atoms with Gasteiger partial charge in [0.1, 0.15) is 5.82 Å². The van der Waals surface area contributed by atoms with Gasteiger partial charge in [0.15, 0.2) is 5.96 Å². The summed E-state index contributed by atoms with van der Waals surface area (Å²) < 4.78 is 24.6. The Kier molecular flexibility index (Phi) is 10.2. The first-order chi connectivity index (χ1) is 15.7. The van der Waals surface area contributed by atoms with Crippen LogP contribution in [-0.4, -0.2) is 63.4 Å². The summed E-state index contributed by atoms with van der Waals surface area (Å²) in [4.78, 5) is 9.02. The zero-order valence-electron chi connectivity index (χ0n) is 19.2. The molecule has 0 spiro atoms. The maximum atomic E-state index is 13.2. The van der Waals surface area contributed by atoms with E-state index in [0.717, 1.165) is 70.4 Å². The lowest BCUT2D eigenvalue weighted by atomic mass is 10.1. The SMILES string of the molecule is CN=C(NCc1ccc(COC2CCOCC2)cc1)N1CCN(c2ccc(F)cc2)CC1.I. The molecule has 2 aromatic rings. The number of hydrogen-bond acceptors (Lipinski definition) is 4. The van der Waals surface area contributed by atoms with Crippen molar-refractivity contribution in [3.05, 3.63) is 65.5 Å². The molecule has 33 heavy (non-hydrogen) atoms. The molecular weight excluding hydrogens is 534 g/mol. The normalized spacial score (nSPS) is 17.6. The topological polar surface area (TPSA) is 49.3 Å². The van der Waals surface area contributed by atoms with Crippen LogP contribution in [0.1, 0.15) is 24.0 Å². The molecule has 2 saturated heterocycles. The fraction of sp³-hybridized carbons (Fsp3) is 0.480. The van der Waals surface area contributed by atoms with Crippen LogP contribution in [0.4, 0.5) is 10.1 Å². The first-order valence-electron chi connectivity index (χ1n) is 11.4. The van der Waals surface area contributed by atoms with Crippen molar-refractivity contribution in [2.24, 2.45) is 4.99 Å². The Balaban J connectivity index is 0.00000306. The minimum atomic E-state index is -0.197. The molecule has 1 N–H and O–H groups in total. The monoisotopic (exact) mass is 568 g/mol. The third-order valence-electron chi connectivity index (χ3n) is 6.11. The first kappa shape index (κ1) is 25.7. The third-order valence-corrected chi connectivity index (χ3v) is 6.11. The van der Waals surface area contributed by atoms with E-state index >= 15 is 0 Å². The second kappa shape index (κ2) is 13.1. The number of hydrogen-bond donors (Lipinski definition) is 1. The minimum absolute atomic E-state index is 0. The van der Waals surface area contributed by atoms with E-state index in [2.05, 4.69) is 44.4 Å². The van der Waals surface area contributed by atoms with Crippen LogP contribution in [0, 0.1) is 5.82 Å². The molecule has 0 saturated carbocycles. The van der Waals surface area contributed by atoms with Gasteiger partial charge in [0.05, 0.1) is 12.7 Å². The van der Waals surface area contributed by atoms with Gasteiger partial charge in [-0.15, -0.1) is 24.0 Å². The van der Waals surface area contributed by atoms with Crippen molar-refractivity contribution in [1.29, 1.82) is 0 Å². The molecule has 6 nitrogen and oxygen atoms in total. The van der Waals surface area contributed by atoms with Crippen LogP contribution in [0.2, 0.25) is 0 Å².